The molecule has 2 aromatic rings. The van der Waals surface area contributed by atoms with Gasteiger partial charge in [-0.05, 0) is 62.0 Å². The summed E-state index contributed by atoms with van der Waals surface area (Å²) < 4.78 is 53.0. The van der Waals surface area contributed by atoms with Gasteiger partial charge >= 0.3 is 5.97 Å². The molecule has 13 heteroatoms. The zero-order valence-electron chi connectivity index (χ0n) is 25.1. The first-order chi connectivity index (χ1) is 21.2. The molecule has 7 rings (SSSR count). The van der Waals surface area contributed by atoms with E-state index in [-0.39, 0.29) is 43.2 Å². The molecule has 4 heterocycles. The first-order valence-corrected chi connectivity index (χ1v) is 14.7. The maximum Gasteiger partial charge on any atom is 0.310 e. The number of benzene rings is 2. The summed E-state index contributed by atoms with van der Waals surface area (Å²) in [5.41, 5.74) is 2.23. The van der Waals surface area contributed by atoms with Crippen LogP contribution in [0.5, 0.6) is 28.7 Å². The smallest absolute Gasteiger partial charge is 0.310 e. The molecule has 238 valence electrons. The molecule has 4 aliphatic heterocycles. The fraction of sp³-hybridized carbons (Fsp3) is 0.581. The summed E-state index contributed by atoms with van der Waals surface area (Å²) >= 11 is 0. The number of aromatic hydroxyl groups is 1. The largest absolute Gasteiger partial charge is 0.502 e. The molecule has 10 atom stereocenters. The molecule has 0 amide bonds. The van der Waals surface area contributed by atoms with Crippen molar-refractivity contribution in [3.05, 3.63) is 41.0 Å². The number of carbonyl (C=O) groups is 1. The van der Waals surface area contributed by atoms with Crippen LogP contribution in [0.25, 0.3) is 0 Å². The standard InChI is InChI=1S/C31H37NO12/c1-13-38-11-22-29(42-13)27(34)25(32(2)3)31(43-22)44-28-16-9-19-18(40-12-41-19)8-15(16)23(24-17(28)10-39-30(24)35)14-6-20(36-4)26(33)21(7-14)37-5/h6-9,13,17,22-25,27-29,31,33-34H,10-12H2,1-5H3/t13?,17-,22?,23+,24-,25-,27+,28?,29+,31?/m0/s1. The first kappa shape index (κ1) is 29.4. The Bertz CT molecular complexity index is 1410. The molecular formula is C31H37NO12. The van der Waals surface area contributed by atoms with E-state index in [0.29, 0.717) is 17.1 Å². The predicted octanol–water partition coefficient (Wildman–Crippen LogP) is 1.91. The van der Waals surface area contributed by atoms with E-state index in [9.17, 15) is 15.0 Å². The molecule has 5 aliphatic rings. The zero-order valence-corrected chi connectivity index (χ0v) is 25.1. The second kappa shape index (κ2) is 11.2. The normalized spacial score (nSPS) is 35.5. The van der Waals surface area contributed by atoms with Gasteiger partial charge in [0.25, 0.3) is 0 Å². The van der Waals surface area contributed by atoms with Crippen LogP contribution in [-0.2, 0) is 28.5 Å². The third kappa shape index (κ3) is 4.65. The molecule has 3 saturated heterocycles. The number of likely N-dealkylation sites (N-methyl/N-ethyl adjacent to an activating group) is 1. The van der Waals surface area contributed by atoms with Gasteiger partial charge in [0, 0.05) is 11.8 Å². The Morgan fingerprint density at radius 1 is 0.932 bits per heavy atom. The van der Waals surface area contributed by atoms with Crippen LogP contribution in [0.15, 0.2) is 24.3 Å². The minimum atomic E-state index is -0.929. The average Bonchev–Trinajstić information content (AvgIpc) is 3.63. The molecule has 0 bridgehead atoms. The number of methoxy groups -OCH3 is 2. The van der Waals surface area contributed by atoms with E-state index in [1.807, 2.05) is 31.1 Å². The van der Waals surface area contributed by atoms with Gasteiger partial charge in [-0.15, -0.1) is 0 Å². The van der Waals surface area contributed by atoms with Crippen molar-refractivity contribution >= 4 is 5.97 Å². The Kier molecular flexibility index (Phi) is 7.50. The minimum absolute atomic E-state index is 0.0618. The van der Waals surface area contributed by atoms with E-state index in [1.165, 1.54) is 14.2 Å². The highest BCUT2D eigenvalue weighted by Crippen LogP contribution is 2.57. The van der Waals surface area contributed by atoms with E-state index in [4.69, 9.17) is 42.6 Å². The Morgan fingerprint density at radius 2 is 1.61 bits per heavy atom. The SMILES string of the molecule is COc1cc([C@@H]2c3cc4c(cc3C(OC3OC5COC(C)O[C@H]5[C@H](O)[C@@H]3N(C)C)[C@H]3COC(=O)[C@H]23)OCO4)cc(OC)c1O. The van der Waals surface area contributed by atoms with Crippen molar-refractivity contribution in [2.45, 2.75) is 55.9 Å². The van der Waals surface area contributed by atoms with Crippen LogP contribution < -0.4 is 18.9 Å². The molecule has 0 spiro atoms. The number of esters is 1. The number of hydrogen-bond acceptors (Lipinski definition) is 13. The first-order valence-electron chi connectivity index (χ1n) is 14.7. The number of fused-ring (bicyclic) bond motifs is 4. The Hall–Kier alpha value is -3.33. The van der Waals surface area contributed by atoms with Gasteiger partial charge < -0.3 is 52.8 Å². The number of nitrogens with zero attached hydrogens (tertiary/aromatic N) is 1. The van der Waals surface area contributed by atoms with Gasteiger partial charge in [0.1, 0.15) is 18.3 Å². The van der Waals surface area contributed by atoms with Crippen LogP contribution >= 0.6 is 0 Å². The van der Waals surface area contributed by atoms with E-state index < -0.39 is 60.8 Å². The minimum Gasteiger partial charge on any atom is -0.502 e. The van der Waals surface area contributed by atoms with Crippen LogP contribution in [0.4, 0.5) is 0 Å². The van der Waals surface area contributed by atoms with Gasteiger partial charge in [-0.2, -0.15) is 0 Å². The maximum atomic E-state index is 13.5. The molecule has 4 unspecified atom stereocenters. The zero-order chi connectivity index (χ0) is 30.9. The summed E-state index contributed by atoms with van der Waals surface area (Å²) in [6.45, 7) is 2.20. The fourth-order valence-electron chi connectivity index (χ4n) is 7.28. The van der Waals surface area contributed by atoms with Crippen molar-refractivity contribution in [3.63, 3.8) is 0 Å². The molecule has 0 saturated carbocycles. The number of aliphatic hydroxyl groups excluding tert-OH is 1. The number of aliphatic hydroxyl groups is 1. The Balaban J connectivity index is 1.33. The van der Waals surface area contributed by atoms with Crippen LogP contribution in [-0.4, -0.2) is 106 Å². The number of hydrogen-bond donors (Lipinski definition) is 2. The second-order valence-corrected chi connectivity index (χ2v) is 12.0. The summed E-state index contributed by atoms with van der Waals surface area (Å²) in [6.07, 6.45) is -4.11. The van der Waals surface area contributed by atoms with Crippen LogP contribution in [0.2, 0.25) is 0 Å². The van der Waals surface area contributed by atoms with Gasteiger partial charge in [-0.25, -0.2) is 0 Å². The van der Waals surface area contributed by atoms with Crippen LogP contribution in [0.3, 0.4) is 0 Å². The van der Waals surface area contributed by atoms with Gasteiger partial charge in [-0.3, -0.25) is 9.69 Å². The number of phenols is 1. The molecule has 0 radical (unpaired) electrons. The van der Waals surface area contributed by atoms with Gasteiger partial charge in [0.05, 0.1) is 45.5 Å². The fourth-order valence-corrected chi connectivity index (χ4v) is 7.28. The molecule has 1 aliphatic carbocycles. The topological polar surface area (TPSA) is 144 Å². The van der Waals surface area contributed by atoms with Crippen molar-refractivity contribution in [1.82, 2.24) is 4.90 Å². The molecule has 3 fully saturated rings. The van der Waals surface area contributed by atoms with Crippen LogP contribution in [0, 0.1) is 11.8 Å². The van der Waals surface area contributed by atoms with Gasteiger partial charge in [0.15, 0.2) is 35.6 Å². The maximum absolute atomic E-state index is 13.5. The quantitative estimate of drug-likeness (QED) is 0.457. The molecule has 13 nitrogen and oxygen atoms in total. The molecule has 2 aromatic carbocycles. The van der Waals surface area contributed by atoms with E-state index in [0.717, 1.165) is 11.1 Å². The number of rotatable bonds is 6. The highest BCUT2D eigenvalue weighted by Gasteiger charge is 2.56. The average molecular weight is 616 g/mol. The lowest BCUT2D eigenvalue weighted by Gasteiger charge is -2.50. The molecule has 0 aromatic heterocycles. The van der Waals surface area contributed by atoms with Gasteiger partial charge in [0.2, 0.25) is 12.5 Å². The Labute approximate surface area is 254 Å². The van der Waals surface area contributed by atoms with E-state index in [2.05, 4.69) is 0 Å². The lowest BCUT2D eigenvalue weighted by Crippen LogP contribution is -2.66. The summed E-state index contributed by atoms with van der Waals surface area (Å²) in [7, 11) is 6.59. The Morgan fingerprint density at radius 3 is 2.27 bits per heavy atom. The molecular weight excluding hydrogens is 578 g/mol. The highest BCUT2D eigenvalue weighted by atomic mass is 16.7. The third-order valence-corrected chi connectivity index (χ3v) is 9.34. The third-order valence-electron chi connectivity index (χ3n) is 9.34. The number of ether oxygens (including phenoxy) is 9. The summed E-state index contributed by atoms with van der Waals surface area (Å²) in [6, 6.07) is 6.57. The summed E-state index contributed by atoms with van der Waals surface area (Å²) in [5, 5.41) is 22.1. The van der Waals surface area contributed by atoms with E-state index >= 15 is 0 Å². The molecule has 44 heavy (non-hydrogen) atoms. The van der Waals surface area contributed by atoms with Crippen molar-refractivity contribution < 1.29 is 57.6 Å². The van der Waals surface area contributed by atoms with Crippen molar-refractivity contribution in [1.29, 1.82) is 0 Å². The molecule has 2 N–H and O–H groups in total. The lowest BCUT2D eigenvalue weighted by atomic mass is 9.66. The predicted molar refractivity (Wildman–Crippen MR) is 150 cm³/mol. The van der Waals surface area contributed by atoms with Crippen molar-refractivity contribution in [2.24, 2.45) is 11.8 Å². The lowest BCUT2D eigenvalue weighted by molar-refractivity contribution is -0.354. The van der Waals surface area contributed by atoms with Gasteiger partial charge in [-0.1, -0.05) is 0 Å². The van der Waals surface area contributed by atoms with Crippen LogP contribution in [0.1, 0.15) is 35.6 Å². The summed E-state index contributed by atoms with van der Waals surface area (Å²) in [5.74, 6) is -0.602. The number of carbonyl (C=O) groups excluding carboxylic acids is 1. The number of phenolic OH excluding ortho intramolecular Hbond substituents is 1. The summed E-state index contributed by atoms with van der Waals surface area (Å²) in [4.78, 5) is 15.4. The van der Waals surface area contributed by atoms with Crippen molar-refractivity contribution in [2.75, 3.05) is 48.3 Å². The second-order valence-electron chi connectivity index (χ2n) is 12.0. The number of cyclic esters (lactones) is 1. The monoisotopic (exact) mass is 615 g/mol. The van der Waals surface area contributed by atoms with Crippen molar-refractivity contribution in [3.8, 4) is 28.7 Å². The van der Waals surface area contributed by atoms with E-state index in [1.54, 1.807) is 19.1 Å². The highest BCUT2D eigenvalue weighted by molar-refractivity contribution is 5.79.